The first-order chi connectivity index (χ1) is 9.15. The molecule has 5 nitrogen and oxygen atoms in total. The minimum Gasteiger partial charge on any atom is -0.493 e. The monoisotopic (exact) mass is 344 g/mol. The Balaban J connectivity index is 2.35. The van der Waals surface area contributed by atoms with E-state index in [2.05, 4.69) is 25.9 Å². The Morgan fingerprint density at radius 3 is 2.79 bits per heavy atom. The van der Waals surface area contributed by atoms with E-state index in [9.17, 15) is 0 Å². The van der Waals surface area contributed by atoms with Crippen LogP contribution in [-0.2, 0) is 6.61 Å². The number of halogens is 2. The van der Waals surface area contributed by atoms with E-state index in [-0.39, 0.29) is 17.6 Å². The van der Waals surface area contributed by atoms with Crippen molar-refractivity contribution < 1.29 is 14.6 Å². The van der Waals surface area contributed by atoms with E-state index < -0.39 is 0 Å². The third-order valence-corrected chi connectivity index (χ3v) is 3.56. The van der Waals surface area contributed by atoms with Gasteiger partial charge in [0.2, 0.25) is 5.88 Å². The number of aromatic nitrogens is 2. The van der Waals surface area contributed by atoms with Crippen LogP contribution in [0.2, 0.25) is 5.15 Å². The summed E-state index contributed by atoms with van der Waals surface area (Å²) in [6.45, 7) is -0.0698. The fourth-order valence-electron chi connectivity index (χ4n) is 1.40. The molecule has 0 atom stereocenters. The molecule has 0 amide bonds. The molecule has 1 N–H and O–H groups in total. The van der Waals surface area contributed by atoms with Crippen molar-refractivity contribution >= 4 is 27.5 Å². The number of aliphatic hydroxyl groups excluding tert-OH is 1. The molecule has 0 aliphatic rings. The molecular weight excluding hydrogens is 336 g/mol. The lowest BCUT2D eigenvalue weighted by molar-refractivity contribution is 0.280. The minimum absolute atomic E-state index is 0.0698. The van der Waals surface area contributed by atoms with Gasteiger partial charge in [0.1, 0.15) is 10.8 Å². The summed E-state index contributed by atoms with van der Waals surface area (Å²) in [5.74, 6) is 1.25. The van der Waals surface area contributed by atoms with Gasteiger partial charge in [-0.05, 0) is 33.6 Å². The summed E-state index contributed by atoms with van der Waals surface area (Å²) >= 11 is 9.11. The number of ether oxygens (including phenoxy) is 2. The van der Waals surface area contributed by atoms with E-state index >= 15 is 0 Å². The smallest absolute Gasteiger partial charge is 0.238 e. The van der Waals surface area contributed by atoms with E-state index in [1.54, 1.807) is 18.2 Å². The lowest BCUT2D eigenvalue weighted by Gasteiger charge is -2.11. The SMILES string of the molecule is COc1cc(CO)ccc1Oc1ncnc(Cl)c1Br. The average molecular weight is 346 g/mol. The van der Waals surface area contributed by atoms with Gasteiger partial charge in [-0.2, -0.15) is 0 Å². The van der Waals surface area contributed by atoms with Crippen LogP contribution in [0.4, 0.5) is 0 Å². The number of methoxy groups -OCH3 is 1. The number of nitrogens with zero attached hydrogens (tertiary/aromatic N) is 2. The molecule has 0 aliphatic heterocycles. The van der Waals surface area contributed by atoms with Gasteiger partial charge in [-0.3, -0.25) is 0 Å². The van der Waals surface area contributed by atoms with Crippen LogP contribution in [0.5, 0.6) is 17.4 Å². The highest BCUT2D eigenvalue weighted by atomic mass is 79.9. The van der Waals surface area contributed by atoms with Crippen molar-refractivity contribution in [1.82, 2.24) is 9.97 Å². The molecule has 0 saturated heterocycles. The van der Waals surface area contributed by atoms with E-state index in [0.29, 0.717) is 16.0 Å². The Labute approximate surface area is 123 Å². The van der Waals surface area contributed by atoms with Crippen molar-refractivity contribution in [2.24, 2.45) is 0 Å². The minimum atomic E-state index is -0.0698. The Kier molecular flexibility index (Phi) is 4.57. The molecule has 0 saturated carbocycles. The molecule has 1 aromatic carbocycles. The summed E-state index contributed by atoms with van der Waals surface area (Å²) in [6, 6.07) is 5.10. The molecule has 1 heterocycles. The quantitative estimate of drug-likeness (QED) is 0.862. The van der Waals surface area contributed by atoms with Crippen molar-refractivity contribution in [2.45, 2.75) is 6.61 Å². The number of aliphatic hydroxyl groups is 1. The lowest BCUT2D eigenvalue weighted by Crippen LogP contribution is -1.95. The van der Waals surface area contributed by atoms with Crippen LogP contribution in [0, 0.1) is 0 Å². The van der Waals surface area contributed by atoms with E-state index in [1.165, 1.54) is 13.4 Å². The van der Waals surface area contributed by atoms with Crippen LogP contribution in [0.3, 0.4) is 0 Å². The highest BCUT2D eigenvalue weighted by Crippen LogP contribution is 2.36. The summed E-state index contributed by atoms with van der Waals surface area (Å²) in [6.07, 6.45) is 1.30. The highest BCUT2D eigenvalue weighted by Gasteiger charge is 2.12. The Bertz CT molecular complexity index is 595. The summed E-state index contributed by atoms with van der Waals surface area (Å²) in [5, 5.41) is 9.34. The third-order valence-electron chi connectivity index (χ3n) is 2.33. The zero-order valence-electron chi connectivity index (χ0n) is 9.93. The second kappa shape index (κ2) is 6.18. The Morgan fingerprint density at radius 2 is 2.11 bits per heavy atom. The summed E-state index contributed by atoms with van der Waals surface area (Å²) in [5.41, 5.74) is 0.726. The molecule has 2 rings (SSSR count). The zero-order valence-corrected chi connectivity index (χ0v) is 12.3. The van der Waals surface area contributed by atoms with Crippen molar-refractivity contribution in [1.29, 1.82) is 0 Å². The van der Waals surface area contributed by atoms with E-state index in [0.717, 1.165) is 5.56 Å². The fraction of sp³-hybridized carbons (Fsp3) is 0.167. The topological polar surface area (TPSA) is 64.5 Å². The molecule has 19 heavy (non-hydrogen) atoms. The second-order valence-corrected chi connectivity index (χ2v) is 4.68. The number of rotatable bonds is 4. The average Bonchev–Trinajstić information content (AvgIpc) is 2.44. The van der Waals surface area contributed by atoms with Crippen LogP contribution >= 0.6 is 27.5 Å². The van der Waals surface area contributed by atoms with E-state index in [4.69, 9.17) is 26.2 Å². The van der Waals surface area contributed by atoms with E-state index in [1.807, 2.05) is 0 Å². The molecule has 0 fully saturated rings. The molecule has 2 aromatic rings. The largest absolute Gasteiger partial charge is 0.493 e. The molecule has 100 valence electrons. The van der Waals surface area contributed by atoms with Crippen molar-refractivity contribution in [3.05, 3.63) is 39.7 Å². The molecule has 1 aromatic heterocycles. The number of benzene rings is 1. The van der Waals surface area contributed by atoms with Crippen molar-refractivity contribution in [3.8, 4) is 17.4 Å². The van der Waals surface area contributed by atoms with Gasteiger partial charge in [-0.25, -0.2) is 9.97 Å². The number of hydrogen-bond donors (Lipinski definition) is 1. The first-order valence-corrected chi connectivity index (χ1v) is 6.44. The van der Waals surface area contributed by atoms with Crippen LogP contribution in [0.1, 0.15) is 5.56 Å². The Morgan fingerprint density at radius 1 is 1.32 bits per heavy atom. The number of hydrogen-bond acceptors (Lipinski definition) is 5. The van der Waals surface area contributed by atoms with Crippen molar-refractivity contribution in [2.75, 3.05) is 7.11 Å². The van der Waals surface area contributed by atoms with Crippen LogP contribution < -0.4 is 9.47 Å². The third kappa shape index (κ3) is 3.15. The summed E-state index contributed by atoms with van der Waals surface area (Å²) in [7, 11) is 1.52. The van der Waals surface area contributed by atoms with Crippen LogP contribution in [-0.4, -0.2) is 22.2 Å². The molecule has 0 radical (unpaired) electrons. The lowest BCUT2D eigenvalue weighted by atomic mass is 10.2. The Hall–Kier alpha value is -1.37. The predicted octanol–water partition coefficient (Wildman–Crippen LogP) is 3.19. The van der Waals surface area contributed by atoms with Crippen LogP contribution in [0.15, 0.2) is 29.0 Å². The summed E-state index contributed by atoms with van der Waals surface area (Å²) < 4.78 is 11.3. The van der Waals surface area contributed by atoms with Gasteiger partial charge in [-0.1, -0.05) is 17.7 Å². The maximum atomic E-state index is 9.08. The van der Waals surface area contributed by atoms with Gasteiger partial charge in [0.15, 0.2) is 16.7 Å². The van der Waals surface area contributed by atoms with Gasteiger partial charge >= 0.3 is 0 Å². The molecule has 0 unspecified atom stereocenters. The first-order valence-electron chi connectivity index (χ1n) is 5.27. The molecule has 7 heteroatoms. The summed E-state index contributed by atoms with van der Waals surface area (Å²) in [4.78, 5) is 7.80. The second-order valence-electron chi connectivity index (χ2n) is 3.53. The van der Waals surface area contributed by atoms with Crippen LogP contribution in [0.25, 0.3) is 0 Å². The standard InChI is InChI=1S/C12H10BrClN2O3/c1-18-9-4-7(5-17)2-3-8(9)19-12-10(13)11(14)15-6-16-12/h2-4,6,17H,5H2,1H3. The van der Waals surface area contributed by atoms with Gasteiger partial charge in [0.05, 0.1) is 13.7 Å². The van der Waals surface area contributed by atoms with Gasteiger partial charge in [-0.15, -0.1) is 0 Å². The maximum Gasteiger partial charge on any atom is 0.238 e. The predicted molar refractivity (Wildman–Crippen MR) is 73.7 cm³/mol. The molecule has 0 aliphatic carbocycles. The molecular formula is C12H10BrClN2O3. The van der Waals surface area contributed by atoms with Gasteiger partial charge < -0.3 is 14.6 Å². The van der Waals surface area contributed by atoms with Crippen molar-refractivity contribution in [3.63, 3.8) is 0 Å². The van der Waals surface area contributed by atoms with Gasteiger partial charge in [0.25, 0.3) is 0 Å². The highest BCUT2D eigenvalue weighted by molar-refractivity contribution is 9.10. The normalized spacial score (nSPS) is 10.3. The zero-order chi connectivity index (χ0) is 13.8. The maximum absolute atomic E-state index is 9.08. The van der Waals surface area contributed by atoms with Gasteiger partial charge in [0, 0.05) is 0 Å². The fourth-order valence-corrected chi connectivity index (χ4v) is 1.81. The molecule has 0 bridgehead atoms. The molecule has 0 spiro atoms. The first kappa shape index (κ1) is 14.0.